The smallest absolute Gasteiger partial charge is 0.298 e. The first kappa shape index (κ1) is 35.7. The van der Waals surface area contributed by atoms with Crippen molar-refractivity contribution in [2.45, 2.75) is 45.0 Å². The summed E-state index contributed by atoms with van der Waals surface area (Å²) < 4.78 is 55.1. The van der Waals surface area contributed by atoms with Gasteiger partial charge in [0.25, 0.3) is 5.92 Å². The molecule has 0 unspecified atom stereocenters. The molecule has 47 heavy (non-hydrogen) atoms. The number of benzene rings is 4. The van der Waals surface area contributed by atoms with E-state index in [1.54, 1.807) is 24.3 Å². The van der Waals surface area contributed by atoms with Crippen molar-refractivity contribution < 1.29 is 27.7 Å². The SMILES string of the molecule is CCCCOc1cc(OCCCN)cc(-c2ccc(C(F)(F)c3ccc(-c4cc(OCCCN)cc(OCCCN)c4)cc3)cc2)c1. The van der Waals surface area contributed by atoms with Crippen LogP contribution in [0.4, 0.5) is 8.78 Å². The minimum absolute atomic E-state index is 0.102. The summed E-state index contributed by atoms with van der Waals surface area (Å²) in [6.07, 6.45) is 4.09. The van der Waals surface area contributed by atoms with E-state index in [4.69, 9.17) is 36.1 Å². The maximum absolute atomic E-state index is 15.8. The summed E-state index contributed by atoms with van der Waals surface area (Å²) in [5.41, 5.74) is 19.8. The van der Waals surface area contributed by atoms with Crippen LogP contribution in [-0.4, -0.2) is 46.1 Å². The molecule has 4 rings (SSSR count). The van der Waals surface area contributed by atoms with E-state index in [0.29, 0.717) is 81.9 Å². The summed E-state index contributed by atoms with van der Waals surface area (Å²) in [5.74, 6) is -0.627. The van der Waals surface area contributed by atoms with Crippen LogP contribution in [0.3, 0.4) is 0 Å². The van der Waals surface area contributed by atoms with E-state index in [0.717, 1.165) is 41.5 Å². The van der Waals surface area contributed by atoms with Gasteiger partial charge >= 0.3 is 0 Å². The number of nitrogens with two attached hydrogens (primary N) is 3. The second-order valence-corrected chi connectivity index (χ2v) is 11.3. The van der Waals surface area contributed by atoms with Crippen LogP contribution in [-0.2, 0) is 5.92 Å². The van der Waals surface area contributed by atoms with E-state index in [9.17, 15) is 0 Å². The number of rotatable bonds is 20. The van der Waals surface area contributed by atoms with Crippen molar-refractivity contribution in [1.82, 2.24) is 0 Å². The van der Waals surface area contributed by atoms with E-state index in [2.05, 4.69) is 6.92 Å². The molecule has 7 nitrogen and oxygen atoms in total. The monoisotopic (exact) mass is 647 g/mol. The molecule has 0 atom stereocenters. The van der Waals surface area contributed by atoms with Crippen LogP contribution in [0.5, 0.6) is 23.0 Å². The second-order valence-electron chi connectivity index (χ2n) is 11.3. The molecule has 0 spiro atoms. The topological polar surface area (TPSA) is 115 Å². The van der Waals surface area contributed by atoms with Gasteiger partial charge in [-0.2, -0.15) is 8.78 Å². The Hall–Kier alpha value is -4.18. The van der Waals surface area contributed by atoms with Crippen molar-refractivity contribution in [2.24, 2.45) is 17.2 Å². The Morgan fingerprint density at radius 2 is 0.787 bits per heavy atom. The van der Waals surface area contributed by atoms with E-state index < -0.39 is 5.92 Å². The molecule has 0 aliphatic heterocycles. The van der Waals surface area contributed by atoms with Crippen LogP contribution in [0.15, 0.2) is 84.9 Å². The Balaban J connectivity index is 1.54. The van der Waals surface area contributed by atoms with Crippen LogP contribution in [0, 0.1) is 0 Å². The highest BCUT2D eigenvalue weighted by Gasteiger charge is 2.34. The second kappa shape index (κ2) is 18.2. The zero-order valence-electron chi connectivity index (χ0n) is 27.2. The van der Waals surface area contributed by atoms with Crippen molar-refractivity contribution >= 4 is 0 Å². The lowest BCUT2D eigenvalue weighted by Gasteiger charge is -2.19. The third-order valence-corrected chi connectivity index (χ3v) is 7.54. The van der Waals surface area contributed by atoms with Gasteiger partial charge in [-0.15, -0.1) is 0 Å². The average Bonchev–Trinajstić information content (AvgIpc) is 3.09. The summed E-state index contributed by atoms with van der Waals surface area (Å²) in [6.45, 7) is 5.67. The van der Waals surface area contributed by atoms with Crippen LogP contribution in [0.2, 0.25) is 0 Å². The zero-order chi connectivity index (χ0) is 33.5. The number of hydrogen-bond donors (Lipinski definition) is 3. The van der Waals surface area contributed by atoms with Gasteiger partial charge in [0.2, 0.25) is 0 Å². The van der Waals surface area contributed by atoms with E-state index >= 15 is 8.78 Å². The van der Waals surface area contributed by atoms with Crippen molar-refractivity contribution in [3.63, 3.8) is 0 Å². The lowest BCUT2D eigenvalue weighted by molar-refractivity contribution is 0.0429. The molecule has 0 saturated heterocycles. The van der Waals surface area contributed by atoms with E-state index in [1.165, 1.54) is 24.3 Å². The van der Waals surface area contributed by atoms with Crippen LogP contribution in [0.1, 0.15) is 50.2 Å². The lowest BCUT2D eigenvalue weighted by atomic mass is 9.95. The molecule has 6 N–H and O–H groups in total. The highest BCUT2D eigenvalue weighted by molar-refractivity contribution is 5.69. The van der Waals surface area contributed by atoms with Crippen molar-refractivity contribution in [1.29, 1.82) is 0 Å². The zero-order valence-corrected chi connectivity index (χ0v) is 27.2. The molecule has 0 aliphatic carbocycles. The molecule has 9 heteroatoms. The number of unbranched alkanes of at least 4 members (excludes halogenated alkanes) is 1. The summed E-state index contributed by atoms with van der Waals surface area (Å²) in [5, 5.41) is 0. The molecule has 0 amide bonds. The predicted octanol–water partition coefficient (Wildman–Crippen LogP) is 7.52. The van der Waals surface area contributed by atoms with Crippen molar-refractivity contribution in [3.05, 3.63) is 96.1 Å². The van der Waals surface area contributed by atoms with Crippen LogP contribution >= 0.6 is 0 Å². The van der Waals surface area contributed by atoms with Gasteiger partial charge in [0.15, 0.2) is 0 Å². The summed E-state index contributed by atoms with van der Waals surface area (Å²) in [4.78, 5) is 0. The fourth-order valence-corrected chi connectivity index (χ4v) is 4.88. The number of ether oxygens (including phenoxy) is 4. The molecular formula is C38H47F2N3O4. The molecule has 0 saturated carbocycles. The standard InChI is InChI=1S/C38H47F2N3O4/c1-2-3-18-44-34-22-30(23-35(26-34)45-19-4-15-41)28-7-11-32(12-8-28)38(39,40)33-13-9-29(10-14-33)31-24-36(46-20-5-16-42)27-37(25-31)47-21-6-17-43/h7-14,22-27H,2-6,15-21,41-43H2,1H3. The van der Waals surface area contributed by atoms with Gasteiger partial charge in [-0.1, -0.05) is 61.9 Å². The van der Waals surface area contributed by atoms with Gasteiger partial charge in [0, 0.05) is 23.3 Å². The average molecular weight is 648 g/mol. The quantitative estimate of drug-likeness (QED) is 0.0850. The first-order valence-electron chi connectivity index (χ1n) is 16.4. The van der Waals surface area contributed by atoms with Crippen molar-refractivity contribution in [2.75, 3.05) is 46.1 Å². The molecule has 0 bridgehead atoms. The van der Waals surface area contributed by atoms with Gasteiger partial charge in [0.05, 0.1) is 26.4 Å². The Labute approximate surface area is 277 Å². The molecule has 0 radical (unpaired) electrons. The van der Waals surface area contributed by atoms with Crippen LogP contribution in [0.25, 0.3) is 22.3 Å². The molecular weight excluding hydrogens is 600 g/mol. The third kappa shape index (κ3) is 10.4. The van der Waals surface area contributed by atoms with E-state index in [1.807, 2.05) is 36.4 Å². The minimum atomic E-state index is -3.21. The van der Waals surface area contributed by atoms with Gasteiger partial charge < -0.3 is 36.1 Å². The summed E-state index contributed by atoms with van der Waals surface area (Å²) in [7, 11) is 0. The molecule has 252 valence electrons. The third-order valence-electron chi connectivity index (χ3n) is 7.54. The highest BCUT2D eigenvalue weighted by Crippen LogP contribution is 2.39. The first-order chi connectivity index (χ1) is 22.9. The Bertz CT molecular complexity index is 1350. The molecule has 4 aromatic carbocycles. The van der Waals surface area contributed by atoms with Gasteiger partial charge in [-0.05, 0) is 91.8 Å². The lowest BCUT2D eigenvalue weighted by Crippen LogP contribution is -2.15. The van der Waals surface area contributed by atoms with E-state index in [-0.39, 0.29) is 11.1 Å². The number of halogens is 2. The van der Waals surface area contributed by atoms with Gasteiger partial charge in [-0.3, -0.25) is 0 Å². The van der Waals surface area contributed by atoms with Gasteiger partial charge in [-0.25, -0.2) is 0 Å². The van der Waals surface area contributed by atoms with Gasteiger partial charge in [0.1, 0.15) is 23.0 Å². The Morgan fingerprint density at radius 3 is 1.09 bits per heavy atom. The Morgan fingerprint density at radius 1 is 0.468 bits per heavy atom. The predicted molar refractivity (Wildman–Crippen MR) is 185 cm³/mol. The maximum Gasteiger partial charge on any atom is 0.298 e. The minimum Gasteiger partial charge on any atom is -0.493 e. The molecule has 0 aromatic heterocycles. The highest BCUT2D eigenvalue weighted by atomic mass is 19.3. The molecule has 0 heterocycles. The molecule has 0 aliphatic rings. The fraction of sp³-hybridized carbons (Fsp3) is 0.368. The largest absolute Gasteiger partial charge is 0.493 e. The Kier molecular flexibility index (Phi) is 13.8. The normalized spacial score (nSPS) is 11.4. The molecule has 4 aromatic rings. The number of alkyl halides is 2. The van der Waals surface area contributed by atoms with Crippen molar-refractivity contribution in [3.8, 4) is 45.3 Å². The molecule has 0 fully saturated rings. The van der Waals surface area contributed by atoms with Crippen LogP contribution < -0.4 is 36.1 Å². The maximum atomic E-state index is 15.8. The summed E-state index contributed by atoms with van der Waals surface area (Å²) >= 11 is 0. The first-order valence-corrected chi connectivity index (χ1v) is 16.4. The summed E-state index contributed by atoms with van der Waals surface area (Å²) in [6, 6.07) is 23.9. The fourth-order valence-electron chi connectivity index (χ4n) is 4.88. The number of hydrogen-bond acceptors (Lipinski definition) is 7.